The number of carbonyl (C=O) groups is 2. The lowest BCUT2D eigenvalue weighted by atomic mass is 10.0. The van der Waals surface area contributed by atoms with Crippen molar-refractivity contribution in [3.05, 3.63) is 30.2 Å². The first-order chi connectivity index (χ1) is 14.6. The molecule has 2 aromatic heterocycles. The lowest BCUT2D eigenvalue weighted by Crippen LogP contribution is -2.46. The van der Waals surface area contributed by atoms with E-state index in [4.69, 9.17) is 0 Å². The van der Waals surface area contributed by atoms with Crippen LogP contribution in [0.5, 0.6) is 0 Å². The summed E-state index contributed by atoms with van der Waals surface area (Å²) in [4.78, 5) is 35.8. The summed E-state index contributed by atoms with van der Waals surface area (Å²) in [6, 6.07) is 2.23. The Morgan fingerprint density at radius 1 is 1.29 bits per heavy atom. The summed E-state index contributed by atoms with van der Waals surface area (Å²) >= 11 is 0. The van der Waals surface area contributed by atoms with Gasteiger partial charge in [-0.2, -0.15) is 13.2 Å². The summed E-state index contributed by atoms with van der Waals surface area (Å²) in [5, 5.41) is 7.63. The van der Waals surface area contributed by atoms with Crippen LogP contribution in [0.1, 0.15) is 40.0 Å². The predicted molar refractivity (Wildman–Crippen MR) is 112 cm³/mol. The van der Waals surface area contributed by atoms with Gasteiger partial charge in [-0.15, -0.1) is 0 Å². The van der Waals surface area contributed by atoms with Crippen LogP contribution in [0, 0.1) is 11.8 Å². The third kappa shape index (κ3) is 6.69. The predicted octanol–water partition coefficient (Wildman–Crippen LogP) is 3.22. The van der Waals surface area contributed by atoms with Crippen molar-refractivity contribution in [3.8, 4) is 11.4 Å². The second kappa shape index (κ2) is 9.36. The first kappa shape index (κ1) is 22.6. The summed E-state index contributed by atoms with van der Waals surface area (Å²) in [5.41, 5.74) is 0.951. The number of alkyl halides is 3. The van der Waals surface area contributed by atoms with Crippen LogP contribution < -0.4 is 16.0 Å². The van der Waals surface area contributed by atoms with Gasteiger partial charge >= 0.3 is 6.18 Å². The van der Waals surface area contributed by atoms with Crippen molar-refractivity contribution in [2.24, 2.45) is 11.8 Å². The normalized spacial score (nSPS) is 14.9. The molecule has 0 radical (unpaired) electrons. The largest absolute Gasteiger partial charge is 0.405 e. The van der Waals surface area contributed by atoms with Gasteiger partial charge in [0.2, 0.25) is 5.91 Å². The first-order valence-corrected chi connectivity index (χ1v) is 10.0. The average molecular weight is 442 g/mol. The van der Waals surface area contributed by atoms with Gasteiger partial charge < -0.3 is 20.9 Å². The fourth-order valence-electron chi connectivity index (χ4n) is 2.88. The SMILES string of the molecule is CC(C)[C@@H](Nc1ccnc(-c2c[nH]c(C(=O)NCC3CC3)c2)n1)C(=O)NCC(F)(F)F.[HH].[HH]. The minimum absolute atomic E-state index is 0. The highest BCUT2D eigenvalue weighted by molar-refractivity contribution is 5.93. The molecule has 1 aliphatic carbocycles. The van der Waals surface area contributed by atoms with E-state index in [-0.39, 0.29) is 20.5 Å². The minimum atomic E-state index is -4.49. The Morgan fingerprint density at radius 3 is 2.68 bits per heavy atom. The fraction of sp³-hybridized carbons (Fsp3) is 0.500. The van der Waals surface area contributed by atoms with Gasteiger partial charge in [-0.05, 0) is 36.8 Å². The zero-order chi connectivity index (χ0) is 22.6. The van der Waals surface area contributed by atoms with Gasteiger partial charge in [0, 0.05) is 27.4 Å². The molecule has 8 nitrogen and oxygen atoms in total. The Bertz CT molecular complexity index is 935. The van der Waals surface area contributed by atoms with Crippen LogP contribution in [0.25, 0.3) is 11.4 Å². The second-order valence-electron chi connectivity index (χ2n) is 7.92. The highest BCUT2D eigenvalue weighted by Gasteiger charge is 2.30. The Balaban J connectivity index is 0.00000272. The van der Waals surface area contributed by atoms with Crippen LogP contribution in [0.3, 0.4) is 0 Å². The summed E-state index contributed by atoms with van der Waals surface area (Å²) in [6.45, 7) is 2.67. The van der Waals surface area contributed by atoms with Crippen molar-refractivity contribution in [2.45, 2.75) is 38.9 Å². The second-order valence-corrected chi connectivity index (χ2v) is 7.92. The van der Waals surface area contributed by atoms with Crippen molar-refractivity contribution in [1.29, 1.82) is 0 Å². The molecule has 4 N–H and O–H groups in total. The van der Waals surface area contributed by atoms with E-state index in [1.54, 1.807) is 26.1 Å². The van der Waals surface area contributed by atoms with E-state index in [1.165, 1.54) is 12.3 Å². The number of rotatable bonds is 9. The van der Waals surface area contributed by atoms with Crippen LogP contribution in [-0.2, 0) is 4.79 Å². The summed E-state index contributed by atoms with van der Waals surface area (Å²) in [7, 11) is 0. The maximum absolute atomic E-state index is 12.4. The van der Waals surface area contributed by atoms with E-state index >= 15 is 0 Å². The molecule has 1 atom stereocenters. The van der Waals surface area contributed by atoms with Gasteiger partial charge in [-0.25, -0.2) is 9.97 Å². The number of aromatic nitrogens is 3. The maximum Gasteiger partial charge on any atom is 0.405 e. The molecule has 2 amide bonds. The molecule has 0 saturated heterocycles. The zero-order valence-electron chi connectivity index (χ0n) is 17.2. The standard InChI is InChI=1S/C20H25F3N6O2.2H2/c1-11(2)16(19(31)27-10-20(21,22)23)28-15-5-6-24-17(29-15)13-7-14(25-9-13)18(30)26-8-12-3-4-12;;/h5-7,9,11-12,16,25H,3-4,8,10H2,1-2H3,(H,26,30)(H,27,31)(H,24,28,29);2*1H/t16-;;/m1../s1. The molecular weight excluding hydrogens is 413 g/mol. The molecule has 0 aliphatic heterocycles. The molecule has 2 aromatic rings. The molecule has 1 aliphatic rings. The Morgan fingerprint density at radius 2 is 2.03 bits per heavy atom. The number of carbonyl (C=O) groups excluding carboxylic acids is 2. The van der Waals surface area contributed by atoms with E-state index in [0.29, 0.717) is 29.5 Å². The summed E-state index contributed by atoms with van der Waals surface area (Å²) < 4.78 is 37.2. The molecule has 0 bridgehead atoms. The van der Waals surface area contributed by atoms with E-state index in [1.807, 2.05) is 5.32 Å². The van der Waals surface area contributed by atoms with Crippen LogP contribution in [0.2, 0.25) is 0 Å². The molecule has 3 rings (SSSR count). The van der Waals surface area contributed by atoms with Gasteiger partial charge in [0.15, 0.2) is 5.82 Å². The molecule has 0 unspecified atom stereocenters. The highest BCUT2D eigenvalue weighted by Crippen LogP contribution is 2.27. The molecule has 1 saturated carbocycles. The highest BCUT2D eigenvalue weighted by atomic mass is 19.4. The van der Waals surface area contributed by atoms with Crippen LogP contribution in [0.15, 0.2) is 24.5 Å². The Kier molecular flexibility index (Phi) is 6.81. The van der Waals surface area contributed by atoms with Crippen LogP contribution in [0.4, 0.5) is 19.0 Å². The van der Waals surface area contributed by atoms with Gasteiger partial charge in [0.05, 0.1) is 0 Å². The molecule has 2 heterocycles. The zero-order valence-corrected chi connectivity index (χ0v) is 17.2. The van der Waals surface area contributed by atoms with Gasteiger partial charge in [-0.3, -0.25) is 9.59 Å². The van der Waals surface area contributed by atoms with Gasteiger partial charge in [0.25, 0.3) is 5.91 Å². The number of H-pyrrole nitrogens is 1. The van der Waals surface area contributed by atoms with Gasteiger partial charge in [-0.1, -0.05) is 13.8 Å². The monoisotopic (exact) mass is 442 g/mol. The van der Waals surface area contributed by atoms with E-state index in [2.05, 4.69) is 25.6 Å². The van der Waals surface area contributed by atoms with Crippen molar-refractivity contribution in [2.75, 3.05) is 18.4 Å². The van der Waals surface area contributed by atoms with Gasteiger partial charge in [0.1, 0.15) is 24.1 Å². The number of halogens is 3. The fourth-order valence-corrected chi connectivity index (χ4v) is 2.88. The van der Waals surface area contributed by atoms with Crippen LogP contribution >= 0.6 is 0 Å². The lowest BCUT2D eigenvalue weighted by Gasteiger charge is -2.22. The third-order valence-electron chi connectivity index (χ3n) is 4.81. The maximum atomic E-state index is 12.4. The van der Waals surface area contributed by atoms with E-state index in [0.717, 1.165) is 12.8 Å². The van der Waals surface area contributed by atoms with Crippen molar-refractivity contribution >= 4 is 17.6 Å². The Hall–Kier alpha value is -3.11. The molecular formula is C20H29F3N6O2. The number of nitrogens with zero attached hydrogens (tertiary/aromatic N) is 2. The van der Waals surface area contributed by atoms with Crippen molar-refractivity contribution < 1.29 is 25.6 Å². The first-order valence-electron chi connectivity index (χ1n) is 10.0. The van der Waals surface area contributed by atoms with E-state index in [9.17, 15) is 22.8 Å². The number of hydrogen-bond acceptors (Lipinski definition) is 5. The molecule has 172 valence electrons. The number of anilines is 1. The number of amides is 2. The third-order valence-corrected chi connectivity index (χ3v) is 4.81. The van der Waals surface area contributed by atoms with Crippen molar-refractivity contribution in [1.82, 2.24) is 25.6 Å². The topological polar surface area (TPSA) is 112 Å². The number of nitrogens with one attached hydrogen (secondary N) is 4. The molecule has 11 heteroatoms. The number of hydrogen-bond donors (Lipinski definition) is 4. The lowest BCUT2D eigenvalue weighted by molar-refractivity contribution is -0.139. The molecule has 0 spiro atoms. The molecule has 31 heavy (non-hydrogen) atoms. The van der Waals surface area contributed by atoms with Crippen LogP contribution in [-0.4, -0.2) is 52.1 Å². The summed E-state index contributed by atoms with van der Waals surface area (Å²) in [5.74, 6) is -0.128. The minimum Gasteiger partial charge on any atom is -0.358 e. The van der Waals surface area contributed by atoms with Crippen molar-refractivity contribution in [3.63, 3.8) is 0 Å². The Labute approximate surface area is 180 Å². The average Bonchev–Trinajstić information content (AvgIpc) is 3.41. The molecule has 1 fully saturated rings. The quantitative estimate of drug-likeness (QED) is 0.477. The molecule has 0 aromatic carbocycles. The number of aromatic amines is 1. The summed E-state index contributed by atoms with van der Waals surface area (Å²) in [6.07, 6.45) is 0.845. The van der Waals surface area contributed by atoms with E-state index < -0.39 is 24.7 Å². The smallest absolute Gasteiger partial charge is 0.358 e.